The quantitative estimate of drug-likeness (QED) is 0.590. The molecule has 3 rings (SSSR count). The van der Waals surface area contributed by atoms with Gasteiger partial charge >= 0.3 is 0 Å². The van der Waals surface area contributed by atoms with Crippen LogP contribution in [-0.2, 0) is 19.1 Å². The summed E-state index contributed by atoms with van der Waals surface area (Å²) >= 11 is 0. The first-order valence-electron chi connectivity index (χ1n) is 10.6. The molecule has 8 heteroatoms. The fraction of sp³-hybridized carbons (Fsp3) is 0.857. The van der Waals surface area contributed by atoms with Crippen molar-refractivity contribution < 1.29 is 24.2 Å². The van der Waals surface area contributed by atoms with Crippen LogP contribution in [0.15, 0.2) is 0 Å². The third-order valence-corrected chi connectivity index (χ3v) is 6.38. The summed E-state index contributed by atoms with van der Waals surface area (Å²) in [6.07, 6.45) is 1.41. The van der Waals surface area contributed by atoms with Crippen LogP contribution in [-0.4, -0.2) is 70.7 Å². The molecule has 0 saturated carbocycles. The van der Waals surface area contributed by atoms with Crippen LogP contribution in [0.3, 0.4) is 0 Å². The molecule has 2 unspecified atom stereocenters. The zero-order valence-corrected chi connectivity index (χ0v) is 18.3. The maximum atomic E-state index is 13.6. The van der Waals surface area contributed by atoms with Crippen LogP contribution in [0.5, 0.6) is 0 Å². The van der Waals surface area contributed by atoms with E-state index >= 15 is 0 Å². The standard InChI is InChI=1S/C21H35N3O5/c1-11(2)9-12(10-25)24-16(18(27)23-20(3,4)5)21-8-7-13(29-21)14(17(26)22-6)15(21)19(24)28/h11-16,25H,7-10H2,1-6H3,(H,22,26)(H,23,27)/t12-,13-,14+,15+,16?,21?/m1/s1. The van der Waals surface area contributed by atoms with Crippen LogP contribution in [0.2, 0.25) is 0 Å². The minimum atomic E-state index is -1.02. The van der Waals surface area contributed by atoms with Crippen LogP contribution >= 0.6 is 0 Å². The molecule has 0 aromatic carbocycles. The Morgan fingerprint density at radius 1 is 1.31 bits per heavy atom. The van der Waals surface area contributed by atoms with Gasteiger partial charge in [0, 0.05) is 12.6 Å². The van der Waals surface area contributed by atoms with E-state index in [1.807, 2.05) is 34.6 Å². The first kappa shape index (κ1) is 22.0. The lowest BCUT2D eigenvalue weighted by Crippen LogP contribution is -2.60. The maximum Gasteiger partial charge on any atom is 0.246 e. The van der Waals surface area contributed by atoms with Gasteiger partial charge in [0.05, 0.1) is 30.6 Å². The second kappa shape index (κ2) is 7.54. The Morgan fingerprint density at radius 2 is 1.97 bits per heavy atom. The maximum absolute atomic E-state index is 13.6. The SMILES string of the molecule is CNC(=O)[C@@H]1[C@H]2C(=O)N([C@@H](CO)CC(C)C)C(C(=O)NC(C)(C)C)C23CC[C@H]1O3. The number of nitrogens with one attached hydrogen (secondary N) is 2. The molecule has 0 aromatic heterocycles. The Balaban J connectivity index is 2.06. The summed E-state index contributed by atoms with van der Waals surface area (Å²) in [7, 11) is 1.55. The van der Waals surface area contributed by atoms with E-state index in [4.69, 9.17) is 4.74 Å². The van der Waals surface area contributed by atoms with E-state index in [0.717, 1.165) is 0 Å². The summed E-state index contributed by atoms with van der Waals surface area (Å²) < 4.78 is 6.30. The van der Waals surface area contributed by atoms with Crippen LogP contribution in [0.1, 0.15) is 53.9 Å². The van der Waals surface area contributed by atoms with E-state index in [1.54, 1.807) is 7.05 Å². The minimum absolute atomic E-state index is 0.226. The summed E-state index contributed by atoms with van der Waals surface area (Å²) in [6, 6.07) is -1.35. The number of hydrogen-bond donors (Lipinski definition) is 3. The number of nitrogens with zero attached hydrogens (tertiary/aromatic N) is 1. The summed E-state index contributed by atoms with van der Waals surface area (Å²) in [5.74, 6) is -1.83. The lowest BCUT2D eigenvalue weighted by Gasteiger charge is -2.38. The number of aliphatic hydroxyl groups is 1. The third-order valence-electron chi connectivity index (χ3n) is 6.38. The average Bonchev–Trinajstić information content (AvgIpc) is 3.24. The highest BCUT2D eigenvalue weighted by molar-refractivity contribution is 5.99. The molecule has 3 aliphatic heterocycles. The lowest BCUT2D eigenvalue weighted by atomic mass is 9.70. The largest absolute Gasteiger partial charge is 0.394 e. The smallest absolute Gasteiger partial charge is 0.246 e. The van der Waals surface area contributed by atoms with E-state index in [1.165, 1.54) is 4.90 Å². The van der Waals surface area contributed by atoms with Gasteiger partial charge in [0.2, 0.25) is 17.7 Å². The van der Waals surface area contributed by atoms with E-state index in [2.05, 4.69) is 10.6 Å². The molecule has 3 amide bonds. The molecule has 3 heterocycles. The summed E-state index contributed by atoms with van der Waals surface area (Å²) in [4.78, 5) is 41.2. The Morgan fingerprint density at radius 3 is 2.48 bits per heavy atom. The predicted octanol–water partition coefficient (Wildman–Crippen LogP) is 0.429. The van der Waals surface area contributed by atoms with Gasteiger partial charge in [-0.25, -0.2) is 0 Å². The highest BCUT2D eigenvalue weighted by Crippen LogP contribution is 2.58. The van der Waals surface area contributed by atoms with Crippen molar-refractivity contribution in [2.45, 2.75) is 83.2 Å². The first-order chi connectivity index (χ1) is 13.5. The van der Waals surface area contributed by atoms with Crippen LogP contribution < -0.4 is 10.6 Å². The van der Waals surface area contributed by atoms with Gasteiger partial charge in [-0.2, -0.15) is 0 Å². The van der Waals surface area contributed by atoms with Gasteiger partial charge in [0.25, 0.3) is 0 Å². The van der Waals surface area contributed by atoms with Crippen molar-refractivity contribution in [1.82, 2.24) is 15.5 Å². The lowest BCUT2D eigenvalue weighted by molar-refractivity contribution is -0.146. The van der Waals surface area contributed by atoms with Gasteiger partial charge in [-0.3, -0.25) is 14.4 Å². The molecule has 3 N–H and O–H groups in total. The molecule has 3 saturated heterocycles. The molecular weight excluding hydrogens is 374 g/mol. The molecule has 3 aliphatic rings. The molecule has 6 atom stereocenters. The van der Waals surface area contributed by atoms with Gasteiger partial charge in [0.15, 0.2) is 0 Å². The molecule has 1 spiro atoms. The molecule has 164 valence electrons. The topological polar surface area (TPSA) is 108 Å². The molecule has 3 fully saturated rings. The normalized spacial score (nSPS) is 34.5. The monoisotopic (exact) mass is 409 g/mol. The Hall–Kier alpha value is -1.67. The van der Waals surface area contributed by atoms with Gasteiger partial charge in [-0.1, -0.05) is 13.8 Å². The summed E-state index contributed by atoms with van der Waals surface area (Å²) in [5, 5.41) is 15.7. The number of likely N-dealkylation sites (tertiary alicyclic amines) is 1. The molecule has 0 aromatic rings. The highest BCUT2D eigenvalue weighted by Gasteiger charge is 2.75. The zero-order valence-electron chi connectivity index (χ0n) is 18.3. The fourth-order valence-corrected chi connectivity index (χ4v) is 5.51. The molecule has 0 radical (unpaired) electrons. The molecular formula is C21H35N3O5. The number of amides is 3. The third kappa shape index (κ3) is 3.54. The van der Waals surface area contributed by atoms with Gasteiger partial charge in [-0.15, -0.1) is 0 Å². The minimum Gasteiger partial charge on any atom is -0.394 e. The van der Waals surface area contributed by atoms with Crippen LogP contribution in [0.4, 0.5) is 0 Å². The second-order valence-corrected chi connectivity index (χ2v) is 10.1. The average molecular weight is 410 g/mol. The van der Waals surface area contributed by atoms with E-state index < -0.39 is 35.1 Å². The number of fused-ring (bicyclic) bond motifs is 1. The first-order valence-corrected chi connectivity index (χ1v) is 10.6. The summed E-state index contributed by atoms with van der Waals surface area (Å²) in [6.45, 7) is 9.46. The van der Waals surface area contributed by atoms with E-state index in [-0.39, 0.29) is 36.4 Å². The number of aliphatic hydroxyl groups excluding tert-OH is 1. The highest BCUT2D eigenvalue weighted by atomic mass is 16.5. The van der Waals surface area contributed by atoms with Gasteiger partial charge in [-0.05, 0) is 46.0 Å². The number of ether oxygens (including phenoxy) is 1. The molecule has 8 nitrogen and oxygen atoms in total. The number of hydrogen-bond acceptors (Lipinski definition) is 5. The molecule has 29 heavy (non-hydrogen) atoms. The Bertz CT molecular complexity index is 688. The predicted molar refractivity (Wildman–Crippen MR) is 107 cm³/mol. The van der Waals surface area contributed by atoms with Gasteiger partial charge in [0.1, 0.15) is 11.6 Å². The Kier molecular flexibility index (Phi) is 5.73. The van der Waals surface area contributed by atoms with Crippen molar-refractivity contribution in [1.29, 1.82) is 0 Å². The van der Waals surface area contributed by atoms with E-state index in [9.17, 15) is 19.5 Å². The Labute approximate surface area is 172 Å². The van der Waals surface area contributed by atoms with Crippen molar-refractivity contribution in [2.24, 2.45) is 17.8 Å². The fourth-order valence-electron chi connectivity index (χ4n) is 5.51. The number of carbonyl (C=O) groups excluding carboxylic acids is 3. The van der Waals surface area contributed by atoms with Crippen molar-refractivity contribution in [3.05, 3.63) is 0 Å². The summed E-state index contributed by atoms with van der Waals surface area (Å²) in [5.41, 5.74) is -1.50. The van der Waals surface area contributed by atoms with Crippen LogP contribution in [0.25, 0.3) is 0 Å². The van der Waals surface area contributed by atoms with Crippen molar-refractivity contribution in [2.75, 3.05) is 13.7 Å². The van der Waals surface area contributed by atoms with Crippen LogP contribution in [0, 0.1) is 17.8 Å². The zero-order chi connectivity index (χ0) is 21.7. The molecule has 0 aliphatic carbocycles. The number of rotatable bonds is 6. The number of carbonyl (C=O) groups is 3. The van der Waals surface area contributed by atoms with E-state index in [0.29, 0.717) is 19.3 Å². The second-order valence-electron chi connectivity index (χ2n) is 10.1. The van der Waals surface area contributed by atoms with Crippen molar-refractivity contribution >= 4 is 17.7 Å². The van der Waals surface area contributed by atoms with Crippen molar-refractivity contribution in [3.8, 4) is 0 Å². The van der Waals surface area contributed by atoms with Crippen molar-refractivity contribution in [3.63, 3.8) is 0 Å². The van der Waals surface area contributed by atoms with Gasteiger partial charge < -0.3 is 25.4 Å². The molecule has 2 bridgehead atoms.